The van der Waals surface area contributed by atoms with Crippen LogP contribution in [-0.4, -0.2) is 24.8 Å². The molecule has 0 atom stereocenters. The summed E-state index contributed by atoms with van der Waals surface area (Å²) in [6.07, 6.45) is 1.89. The van der Waals surface area contributed by atoms with Crippen molar-refractivity contribution in [2.45, 2.75) is 13.3 Å². The molecule has 0 aliphatic rings. The summed E-state index contributed by atoms with van der Waals surface area (Å²) in [5.41, 5.74) is 1.55. The summed E-state index contributed by atoms with van der Waals surface area (Å²) in [6, 6.07) is 6.76. The summed E-state index contributed by atoms with van der Waals surface area (Å²) >= 11 is 12.5. The van der Waals surface area contributed by atoms with Crippen LogP contribution in [0.15, 0.2) is 35.3 Å². The summed E-state index contributed by atoms with van der Waals surface area (Å²) in [4.78, 5) is 6.17. The molecular weight excluding hydrogens is 341 g/mol. The van der Waals surface area contributed by atoms with Gasteiger partial charge in [0.1, 0.15) is 11.6 Å². The van der Waals surface area contributed by atoms with Crippen molar-refractivity contribution in [3.63, 3.8) is 0 Å². The number of aliphatic imine (C=N–C) groups is 1. The topological polar surface area (TPSA) is 15.6 Å². The number of hydrogen-bond donors (Lipinski definition) is 0. The lowest BCUT2D eigenvalue weighted by Gasteiger charge is -2.11. The minimum Gasteiger partial charge on any atom is -0.366 e. The monoisotopic (exact) mass is 356 g/mol. The first-order valence-electron chi connectivity index (χ1n) is 7.07. The van der Waals surface area contributed by atoms with Gasteiger partial charge >= 0.3 is 0 Å². The third-order valence-corrected chi connectivity index (χ3v) is 4.06. The van der Waals surface area contributed by atoms with E-state index in [1.165, 1.54) is 12.1 Å². The Morgan fingerprint density at radius 2 is 1.83 bits per heavy atom. The lowest BCUT2D eigenvalue weighted by Crippen LogP contribution is -2.14. The van der Waals surface area contributed by atoms with Crippen molar-refractivity contribution < 1.29 is 8.78 Å². The fourth-order valence-electron chi connectivity index (χ4n) is 1.92. The molecule has 0 radical (unpaired) electrons. The molecule has 0 bridgehead atoms. The normalized spacial score (nSPS) is 11.2. The highest BCUT2D eigenvalue weighted by molar-refractivity contribution is 6.35. The molecule has 0 N–H and O–H groups in total. The van der Waals surface area contributed by atoms with Crippen molar-refractivity contribution >= 4 is 35.2 Å². The van der Waals surface area contributed by atoms with Gasteiger partial charge in [0.05, 0.1) is 17.0 Å². The molecule has 0 saturated heterocycles. The van der Waals surface area contributed by atoms with Crippen molar-refractivity contribution in [3.8, 4) is 0 Å². The number of rotatable bonds is 5. The van der Waals surface area contributed by atoms with E-state index in [1.807, 2.05) is 18.9 Å². The van der Waals surface area contributed by atoms with Crippen LogP contribution in [0.25, 0.3) is 0 Å². The van der Waals surface area contributed by atoms with Crippen molar-refractivity contribution in [3.05, 3.63) is 63.1 Å². The SMILES string of the molecule is CCN(C)C=Nc1cc(Cl)c(Cc2ccc(F)cc2F)cc1Cl. The Morgan fingerprint density at radius 3 is 2.48 bits per heavy atom. The molecule has 2 nitrogen and oxygen atoms in total. The molecule has 2 aromatic carbocycles. The highest BCUT2D eigenvalue weighted by Crippen LogP contribution is 2.32. The van der Waals surface area contributed by atoms with Gasteiger partial charge in [-0.05, 0) is 36.2 Å². The lowest BCUT2D eigenvalue weighted by molar-refractivity contribution is 0.552. The molecule has 0 aliphatic carbocycles. The van der Waals surface area contributed by atoms with Crippen LogP contribution in [-0.2, 0) is 6.42 Å². The van der Waals surface area contributed by atoms with E-state index >= 15 is 0 Å². The molecule has 0 saturated carbocycles. The Morgan fingerprint density at radius 1 is 1.09 bits per heavy atom. The third-order valence-electron chi connectivity index (χ3n) is 3.40. The van der Waals surface area contributed by atoms with E-state index in [-0.39, 0.29) is 6.42 Å². The van der Waals surface area contributed by atoms with Gasteiger partial charge in [0.25, 0.3) is 0 Å². The first kappa shape index (κ1) is 17.7. The second kappa shape index (κ2) is 7.75. The third kappa shape index (κ3) is 4.66. The molecule has 23 heavy (non-hydrogen) atoms. The van der Waals surface area contributed by atoms with Crippen LogP contribution in [0.3, 0.4) is 0 Å². The van der Waals surface area contributed by atoms with Gasteiger partial charge in [-0.25, -0.2) is 13.8 Å². The van der Waals surface area contributed by atoms with Gasteiger partial charge < -0.3 is 4.90 Å². The molecular formula is C17H16Cl2F2N2. The van der Waals surface area contributed by atoms with Crippen molar-refractivity contribution in [2.75, 3.05) is 13.6 Å². The minimum absolute atomic E-state index is 0.226. The molecule has 6 heteroatoms. The lowest BCUT2D eigenvalue weighted by atomic mass is 10.0. The van der Waals surface area contributed by atoms with Gasteiger partial charge in [-0.15, -0.1) is 0 Å². The average Bonchev–Trinajstić information content (AvgIpc) is 2.51. The van der Waals surface area contributed by atoms with Crippen LogP contribution in [0.5, 0.6) is 0 Å². The van der Waals surface area contributed by atoms with Gasteiger partial charge in [0.15, 0.2) is 0 Å². The van der Waals surface area contributed by atoms with Gasteiger partial charge in [-0.2, -0.15) is 0 Å². The smallest absolute Gasteiger partial charge is 0.129 e. The van der Waals surface area contributed by atoms with E-state index in [2.05, 4.69) is 4.99 Å². The van der Waals surface area contributed by atoms with Gasteiger partial charge in [-0.1, -0.05) is 29.3 Å². The zero-order valence-corrected chi connectivity index (χ0v) is 14.3. The molecule has 2 aromatic rings. The van der Waals surface area contributed by atoms with E-state index in [1.54, 1.807) is 18.5 Å². The van der Waals surface area contributed by atoms with Gasteiger partial charge in [0, 0.05) is 31.1 Å². The van der Waals surface area contributed by atoms with Crippen LogP contribution in [0.1, 0.15) is 18.1 Å². The summed E-state index contributed by atoms with van der Waals surface area (Å²) < 4.78 is 26.7. The van der Waals surface area contributed by atoms with E-state index in [4.69, 9.17) is 23.2 Å². The van der Waals surface area contributed by atoms with Crippen molar-refractivity contribution in [1.82, 2.24) is 4.90 Å². The maximum atomic E-state index is 13.8. The predicted octanol–water partition coefficient (Wildman–Crippen LogP) is 5.47. The van der Waals surface area contributed by atoms with Gasteiger partial charge in [0.2, 0.25) is 0 Å². The second-order valence-corrected chi connectivity index (χ2v) is 5.94. The van der Waals surface area contributed by atoms with Crippen LogP contribution in [0, 0.1) is 11.6 Å². The fourth-order valence-corrected chi connectivity index (χ4v) is 2.38. The molecule has 0 aliphatic heterocycles. The first-order chi connectivity index (χ1) is 10.9. The maximum absolute atomic E-state index is 13.8. The van der Waals surface area contributed by atoms with Crippen LogP contribution in [0.4, 0.5) is 14.5 Å². The average molecular weight is 357 g/mol. The number of nitrogens with zero attached hydrogens (tertiary/aromatic N) is 2. The Hall–Kier alpha value is -1.65. The molecule has 0 unspecified atom stereocenters. The molecule has 0 amide bonds. The Bertz CT molecular complexity index is 733. The molecule has 0 heterocycles. The molecule has 0 aromatic heterocycles. The van der Waals surface area contributed by atoms with Crippen LogP contribution < -0.4 is 0 Å². The van der Waals surface area contributed by atoms with Crippen LogP contribution >= 0.6 is 23.2 Å². The second-order valence-electron chi connectivity index (χ2n) is 5.13. The summed E-state index contributed by atoms with van der Waals surface area (Å²) in [7, 11) is 1.89. The Kier molecular flexibility index (Phi) is 5.97. The fraction of sp³-hybridized carbons (Fsp3) is 0.235. The number of halogens is 4. The molecule has 0 spiro atoms. The molecule has 122 valence electrons. The minimum atomic E-state index is -0.611. The molecule has 0 fully saturated rings. The largest absolute Gasteiger partial charge is 0.366 e. The molecule has 2 rings (SSSR count). The Labute approximate surface area is 144 Å². The highest BCUT2D eigenvalue weighted by Gasteiger charge is 2.11. The highest BCUT2D eigenvalue weighted by atomic mass is 35.5. The summed E-state index contributed by atoms with van der Waals surface area (Å²) in [5, 5.41) is 0.858. The van der Waals surface area contributed by atoms with E-state index in [9.17, 15) is 8.78 Å². The van der Waals surface area contributed by atoms with E-state index < -0.39 is 11.6 Å². The standard InChI is InChI=1S/C17H16Cl2F2N2/c1-3-23(2)10-22-17-9-14(18)12(7-15(17)19)6-11-4-5-13(20)8-16(11)21/h4-5,7-10H,3,6H2,1-2H3. The first-order valence-corrected chi connectivity index (χ1v) is 7.82. The number of benzene rings is 2. The van der Waals surface area contributed by atoms with Gasteiger partial charge in [-0.3, -0.25) is 0 Å². The quantitative estimate of drug-likeness (QED) is 0.512. The van der Waals surface area contributed by atoms with Crippen molar-refractivity contribution in [1.29, 1.82) is 0 Å². The summed E-state index contributed by atoms with van der Waals surface area (Å²) in [6.45, 7) is 2.82. The zero-order valence-electron chi connectivity index (χ0n) is 12.8. The maximum Gasteiger partial charge on any atom is 0.129 e. The Balaban J connectivity index is 2.27. The summed E-state index contributed by atoms with van der Waals surface area (Å²) in [5.74, 6) is -1.22. The van der Waals surface area contributed by atoms with E-state index in [0.717, 1.165) is 12.6 Å². The van der Waals surface area contributed by atoms with Crippen LogP contribution in [0.2, 0.25) is 10.0 Å². The number of hydrogen-bond acceptors (Lipinski definition) is 1. The predicted molar refractivity (Wildman–Crippen MR) is 92.1 cm³/mol. The van der Waals surface area contributed by atoms with Crippen molar-refractivity contribution in [2.24, 2.45) is 4.99 Å². The van der Waals surface area contributed by atoms with E-state index in [0.29, 0.717) is 26.9 Å². The zero-order chi connectivity index (χ0) is 17.0.